The Morgan fingerprint density at radius 3 is 2.58 bits per heavy atom. The standard InChI is InChI=1S/C29H45N7OS/c1-8-24(12-11-21(4)19-36-17-15-35(10-3)16-18-36)20-37-29(31-9-2)33-23(6)27(30-7)28-34-26-22(5)32-14-13-25(26)38-28/h9,11-14,21,24,30H,8,10,15-20H2,1-7H3/b12-11?,27-23-,31-9?,33-29?. The van der Waals surface area contributed by atoms with Gasteiger partial charge < -0.3 is 19.9 Å². The van der Waals surface area contributed by atoms with Crippen molar-refractivity contribution in [2.24, 2.45) is 21.8 Å². The summed E-state index contributed by atoms with van der Waals surface area (Å²) in [7, 11) is 1.89. The van der Waals surface area contributed by atoms with Crippen molar-refractivity contribution in [3.05, 3.63) is 40.8 Å². The molecule has 2 unspecified atom stereocenters. The van der Waals surface area contributed by atoms with Crippen molar-refractivity contribution in [3.8, 4) is 0 Å². The number of thiazole rings is 1. The summed E-state index contributed by atoms with van der Waals surface area (Å²) in [6.45, 7) is 20.0. The fourth-order valence-electron chi connectivity index (χ4n) is 4.53. The van der Waals surface area contributed by atoms with Gasteiger partial charge in [0.2, 0.25) is 0 Å². The summed E-state index contributed by atoms with van der Waals surface area (Å²) in [6.07, 6.45) is 9.19. The van der Waals surface area contributed by atoms with E-state index in [0.717, 1.165) is 64.9 Å². The molecule has 2 aromatic heterocycles. The van der Waals surface area contributed by atoms with Gasteiger partial charge in [-0.1, -0.05) is 32.9 Å². The van der Waals surface area contributed by atoms with Gasteiger partial charge in [0.15, 0.2) is 0 Å². The van der Waals surface area contributed by atoms with E-state index in [1.165, 1.54) is 13.1 Å². The van der Waals surface area contributed by atoms with Gasteiger partial charge in [-0.05, 0) is 45.7 Å². The minimum Gasteiger partial charge on any atom is -0.463 e. The molecule has 2 atom stereocenters. The lowest BCUT2D eigenvalue weighted by atomic mass is 10.0. The number of amidine groups is 1. The summed E-state index contributed by atoms with van der Waals surface area (Å²) < 4.78 is 7.22. The van der Waals surface area contributed by atoms with Crippen LogP contribution in [0.4, 0.5) is 0 Å². The number of piperazine rings is 1. The Morgan fingerprint density at radius 1 is 1.21 bits per heavy atom. The number of likely N-dealkylation sites (N-methyl/N-ethyl adjacent to an activating group) is 1. The average Bonchev–Trinajstić information content (AvgIpc) is 3.35. The summed E-state index contributed by atoms with van der Waals surface area (Å²) in [4.78, 5) is 23.4. The quantitative estimate of drug-likeness (QED) is 0.239. The van der Waals surface area contributed by atoms with Crippen LogP contribution < -0.4 is 5.32 Å². The van der Waals surface area contributed by atoms with Crippen LogP contribution in [0.1, 0.15) is 51.7 Å². The molecule has 3 heterocycles. The molecule has 2 aromatic rings. The smallest absolute Gasteiger partial charge is 0.316 e. The summed E-state index contributed by atoms with van der Waals surface area (Å²) in [5.41, 5.74) is 3.49. The molecule has 1 N–H and O–H groups in total. The van der Waals surface area contributed by atoms with Crippen LogP contribution in [0.2, 0.25) is 0 Å². The molecule has 3 rings (SSSR count). The first-order valence-corrected chi connectivity index (χ1v) is 14.6. The summed E-state index contributed by atoms with van der Waals surface area (Å²) >= 11 is 1.62. The highest BCUT2D eigenvalue weighted by Gasteiger charge is 2.17. The highest BCUT2D eigenvalue weighted by molar-refractivity contribution is 7.19. The van der Waals surface area contributed by atoms with Crippen LogP contribution in [0, 0.1) is 18.8 Å². The van der Waals surface area contributed by atoms with Crippen LogP contribution >= 0.6 is 11.3 Å². The van der Waals surface area contributed by atoms with Gasteiger partial charge in [-0.3, -0.25) is 4.98 Å². The third-order valence-electron chi connectivity index (χ3n) is 6.94. The van der Waals surface area contributed by atoms with Crippen LogP contribution in [0.25, 0.3) is 15.9 Å². The van der Waals surface area contributed by atoms with Gasteiger partial charge in [0.25, 0.3) is 0 Å². The molecule has 38 heavy (non-hydrogen) atoms. The molecule has 208 valence electrons. The fraction of sp³-hybridized carbons (Fsp3) is 0.586. The summed E-state index contributed by atoms with van der Waals surface area (Å²) in [5.74, 6) is 0.814. The van der Waals surface area contributed by atoms with Gasteiger partial charge in [-0.15, -0.1) is 11.3 Å². The molecule has 0 radical (unpaired) electrons. The molecule has 8 nitrogen and oxygen atoms in total. The van der Waals surface area contributed by atoms with Crippen molar-refractivity contribution in [2.45, 2.75) is 48.0 Å². The second kappa shape index (κ2) is 15.1. The van der Waals surface area contributed by atoms with E-state index in [1.54, 1.807) is 17.6 Å². The number of aromatic nitrogens is 2. The maximum Gasteiger partial charge on any atom is 0.316 e. The molecule has 1 fully saturated rings. The molecule has 0 amide bonds. The zero-order valence-corrected chi connectivity index (χ0v) is 25.0. The van der Waals surface area contributed by atoms with E-state index < -0.39 is 0 Å². The van der Waals surface area contributed by atoms with E-state index in [9.17, 15) is 0 Å². The van der Waals surface area contributed by atoms with Gasteiger partial charge in [-0.25, -0.2) is 9.98 Å². The SMILES string of the molecule is CC=NC(=N/C(C)=C(\NC)c1nc2c(C)nccc2s1)OCC(C=CC(C)CN1CCN(CC)CC1)CC. The Morgan fingerprint density at radius 2 is 1.95 bits per heavy atom. The highest BCUT2D eigenvalue weighted by Crippen LogP contribution is 2.28. The maximum absolute atomic E-state index is 6.12. The largest absolute Gasteiger partial charge is 0.463 e. The van der Waals surface area contributed by atoms with Gasteiger partial charge in [-0.2, -0.15) is 4.99 Å². The van der Waals surface area contributed by atoms with Crippen LogP contribution in [0.3, 0.4) is 0 Å². The molecule has 0 saturated carbocycles. The maximum atomic E-state index is 6.12. The lowest BCUT2D eigenvalue weighted by Gasteiger charge is -2.35. The second-order valence-corrected chi connectivity index (χ2v) is 10.9. The molecule has 1 saturated heterocycles. The fourth-order valence-corrected chi connectivity index (χ4v) is 5.65. The van der Waals surface area contributed by atoms with E-state index in [2.05, 4.69) is 58.0 Å². The van der Waals surface area contributed by atoms with Gasteiger partial charge >= 0.3 is 6.02 Å². The van der Waals surface area contributed by atoms with Crippen molar-refractivity contribution >= 4 is 39.5 Å². The first-order valence-electron chi connectivity index (χ1n) is 13.8. The van der Waals surface area contributed by atoms with E-state index >= 15 is 0 Å². The highest BCUT2D eigenvalue weighted by atomic mass is 32.1. The van der Waals surface area contributed by atoms with Gasteiger partial charge in [0.05, 0.1) is 28.4 Å². The van der Waals surface area contributed by atoms with E-state index in [4.69, 9.17) is 14.7 Å². The second-order valence-electron chi connectivity index (χ2n) is 9.83. The number of rotatable bonds is 11. The van der Waals surface area contributed by atoms with E-state index in [0.29, 0.717) is 24.5 Å². The number of hydrogen-bond acceptors (Lipinski definition) is 8. The van der Waals surface area contributed by atoms with E-state index in [-0.39, 0.29) is 0 Å². The minimum atomic E-state index is 0.305. The van der Waals surface area contributed by atoms with Crippen LogP contribution in [-0.4, -0.2) is 84.9 Å². The number of pyridine rings is 1. The minimum absolute atomic E-state index is 0.305. The lowest BCUT2D eigenvalue weighted by Crippen LogP contribution is -2.47. The lowest BCUT2D eigenvalue weighted by molar-refractivity contribution is 0.130. The predicted molar refractivity (Wildman–Crippen MR) is 162 cm³/mol. The molecule has 1 aliphatic heterocycles. The van der Waals surface area contributed by atoms with E-state index in [1.807, 2.05) is 40.1 Å². The molecule has 9 heteroatoms. The van der Waals surface area contributed by atoms with Crippen LogP contribution in [0.5, 0.6) is 0 Å². The number of hydrogen-bond donors (Lipinski definition) is 1. The number of nitrogens with one attached hydrogen (secondary N) is 1. The third-order valence-corrected chi connectivity index (χ3v) is 7.98. The van der Waals surface area contributed by atoms with Gasteiger partial charge in [0, 0.05) is 58.1 Å². The molecule has 0 aliphatic carbocycles. The number of allylic oxidation sites excluding steroid dienone is 1. The zero-order chi connectivity index (χ0) is 27.5. The number of aliphatic imine (C=N–C) groups is 2. The average molecular weight is 540 g/mol. The summed E-state index contributed by atoms with van der Waals surface area (Å²) in [5, 5.41) is 4.14. The van der Waals surface area contributed by atoms with Crippen LogP contribution in [-0.2, 0) is 4.74 Å². The van der Waals surface area contributed by atoms with Crippen molar-refractivity contribution in [2.75, 3.05) is 52.9 Å². The third kappa shape index (κ3) is 8.44. The van der Waals surface area contributed by atoms with Crippen molar-refractivity contribution in [3.63, 3.8) is 0 Å². The Kier molecular flexibility index (Phi) is 11.9. The molecule has 0 spiro atoms. The first kappa shape index (κ1) is 29.9. The van der Waals surface area contributed by atoms with Crippen molar-refractivity contribution < 1.29 is 4.74 Å². The first-order chi connectivity index (χ1) is 18.4. The van der Waals surface area contributed by atoms with Crippen molar-refractivity contribution in [1.29, 1.82) is 0 Å². The van der Waals surface area contributed by atoms with Gasteiger partial charge in [0.1, 0.15) is 10.5 Å². The number of fused-ring (bicyclic) bond motifs is 1. The molecule has 0 aromatic carbocycles. The molecule has 0 bridgehead atoms. The Balaban J connectivity index is 1.64. The Hall–Kier alpha value is -2.62. The normalized spacial score (nSPS) is 18.3. The number of ether oxygens (including phenoxy) is 1. The Bertz CT molecular complexity index is 1140. The zero-order valence-electron chi connectivity index (χ0n) is 24.2. The van der Waals surface area contributed by atoms with Crippen molar-refractivity contribution in [1.82, 2.24) is 25.1 Å². The Labute approximate surface area is 232 Å². The predicted octanol–water partition coefficient (Wildman–Crippen LogP) is 5.23. The topological polar surface area (TPSA) is 78.2 Å². The molecule has 1 aliphatic rings. The molecular weight excluding hydrogens is 494 g/mol. The number of nitrogens with zero attached hydrogens (tertiary/aromatic N) is 6. The summed E-state index contributed by atoms with van der Waals surface area (Å²) in [6, 6.07) is 2.36. The number of aryl methyl sites for hydroxylation is 1. The molecular formula is C29H45N7OS. The monoisotopic (exact) mass is 539 g/mol. The van der Waals surface area contributed by atoms with Crippen LogP contribution in [0.15, 0.2) is 40.1 Å².